The van der Waals surface area contributed by atoms with Gasteiger partial charge in [-0.25, -0.2) is 9.59 Å². The van der Waals surface area contributed by atoms with Gasteiger partial charge in [0.05, 0.1) is 0 Å². The van der Waals surface area contributed by atoms with Gasteiger partial charge in [0.2, 0.25) is 6.29 Å². The summed E-state index contributed by atoms with van der Waals surface area (Å²) < 4.78 is 9.37. The Bertz CT molecular complexity index is 240. The van der Waals surface area contributed by atoms with Crippen LogP contribution in [0.4, 0.5) is 0 Å². The minimum absolute atomic E-state index is 0.235. The molecule has 0 aromatic rings. The molecule has 0 aliphatic carbocycles. The molecular formula is C13H22NO4. The van der Waals surface area contributed by atoms with Crippen molar-refractivity contribution in [1.29, 1.82) is 0 Å². The molecule has 5 nitrogen and oxygen atoms in total. The summed E-state index contributed by atoms with van der Waals surface area (Å²) in [6.07, 6.45) is 3.49. The van der Waals surface area contributed by atoms with Gasteiger partial charge in [0, 0.05) is 18.6 Å². The van der Waals surface area contributed by atoms with Gasteiger partial charge in [0.15, 0.2) is 0 Å². The van der Waals surface area contributed by atoms with Crippen molar-refractivity contribution in [3.8, 4) is 0 Å². The summed E-state index contributed by atoms with van der Waals surface area (Å²) in [7, 11) is 0. The van der Waals surface area contributed by atoms with Gasteiger partial charge < -0.3 is 15.2 Å². The van der Waals surface area contributed by atoms with Crippen molar-refractivity contribution >= 4 is 11.9 Å². The third kappa shape index (κ3) is 12.4. The second kappa shape index (κ2) is 13.4. The van der Waals surface area contributed by atoms with Gasteiger partial charge >= 0.3 is 11.9 Å². The Hall–Kier alpha value is -1.62. The van der Waals surface area contributed by atoms with Crippen molar-refractivity contribution in [2.45, 2.75) is 32.5 Å². The van der Waals surface area contributed by atoms with Crippen molar-refractivity contribution in [3.63, 3.8) is 0 Å². The van der Waals surface area contributed by atoms with Crippen LogP contribution in [0.15, 0.2) is 25.3 Å². The first-order valence-electron chi connectivity index (χ1n) is 5.71. The van der Waals surface area contributed by atoms with Crippen LogP contribution in [0.25, 0.3) is 0 Å². The highest BCUT2D eigenvalue weighted by molar-refractivity contribution is 5.82. The predicted molar refractivity (Wildman–Crippen MR) is 70.3 cm³/mol. The number of unbranched alkanes of at least 4 members (excludes halogenated alkanes) is 1. The molecule has 5 heteroatoms. The van der Waals surface area contributed by atoms with Gasteiger partial charge in [-0.05, 0) is 6.54 Å². The second-order valence-corrected chi connectivity index (χ2v) is 3.14. The van der Waals surface area contributed by atoms with Gasteiger partial charge in [-0.1, -0.05) is 39.8 Å². The Labute approximate surface area is 109 Å². The van der Waals surface area contributed by atoms with E-state index >= 15 is 0 Å². The number of ether oxygens (including phenoxy) is 2. The molecular weight excluding hydrogens is 234 g/mol. The lowest BCUT2D eigenvalue weighted by Gasteiger charge is -2.15. The summed E-state index contributed by atoms with van der Waals surface area (Å²) in [4.78, 5) is 21.5. The average molecular weight is 256 g/mol. The largest absolute Gasteiger partial charge is 0.422 e. The van der Waals surface area contributed by atoms with Crippen LogP contribution < -0.4 is 5.73 Å². The number of nitrogens with two attached hydrogens (primary N) is 1. The Morgan fingerprint density at radius 3 is 1.83 bits per heavy atom. The van der Waals surface area contributed by atoms with E-state index in [0.717, 1.165) is 18.6 Å². The van der Waals surface area contributed by atoms with Gasteiger partial charge in [0.25, 0.3) is 0 Å². The molecule has 18 heavy (non-hydrogen) atoms. The molecule has 0 heterocycles. The number of carbonyl (C=O) groups excluding carboxylic acids is 2. The van der Waals surface area contributed by atoms with Crippen LogP contribution in [0.1, 0.15) is 26.2 Å². The Morgan fingerprint density at radius 2 is 1.61 bits per heavy atom. The summed E-state index contributed by atoms with van der Waals surface area (Å²) >= 11 is 0. The van der Waals surface area contributed by atoms with Crippen LogP contribution >= 0.6 is 0 Å². The average Bonchev–Trinajstić information content (AvgIpc) is 2.38. The molecule has 0 unspecified atom stereocenters. The Morgan fingerprint density at radius 1 is 1.22 bits per heavy atom. The summed E-state index contributed by atoms with van der Waals surface area (Å²) in [5.41, 5.74) is 5.23. The maximum atomic E-state index is 10.8. The normalized spacial score (nSPS) is 8.89. The lowest BCUT2D eigenvalue weighted by molar-refractivity contribution is -0.181. The fraction of sp³-hybridized carbons (Fsp3) is 0.462. The van der Waals surface area contributed by atoms with Crippen LogP contribution in [0, 0.1) is 6.92 Å². The van der Waals surface area contributed by atoms with E-state index in [-0.39, 0.29) is 13.0 Å². The summed E-state index contributed by atoms with van der Waals surface area (Å²) in [5.74, 6) is -1.33. The highest BCUT2D eigenvalue weighted by Gasteiger charge is 2.14. The number of carbonyl (C=O) groups is 2. The fourth-order valence-corrected chi connectivity index (χ4v) is 0.633. The predicted octanol–water partition coefficient (Wildman–Crippen LogP) is 1.74. The van der Waals surface area contributed by atoms with Crippen molar-refractivity contribution in [3.05, 3.63) is 32.2 Å². The molecule has 0 fully saturated rings. The molecule has 0 aromatic carbocycles. The third-order valence-corrected chi connectivity index (χ3v) is 1.58. The molecule has 0 bridgehead atoms. The number of esters is 2. The first-order valence-corrected chi connectivity index (χ1v) is 5.71. The molecule has 0 rings (SSSR count). The lowest BCUT2D eigenvalue weighted by Crippen LogP contribution is -2.25. The van der Waals surface area contributed by atoms with Crippen molar-refractivity contribution in [1.82, 2.24) is 0 Å². The van der Waals surface area contributed by atoms with E-state index < -0.39 is 18.2 Å². The molecule has 0 aromatic heterocycles. The third-order valence-electron chi connectivity index (χ3n) is 1.58. The molecule has 1 radical (unpaired) electrons. The fourth-order valence-electron chi connectivity index (χ4n) is 0.633. The van der Waals surface area contributed by atoms with Crippen LogP contribution in [0.3, 0.4) is 0 Å². The topological polar surface area (TPSA) is 78.6 Å². The summed E-state index contributed by atoms with van der Waals surface area (Å²) in [6.45, 7) is 12.4. The molecule has 0 saturated carbocycles. The Balaban J connectivity index is 0. The Kier molecular flexibility index (Phi) is 14.0. The minimum Gasteiger partial charge on any atom is -0.422 e. The van der Waals surface area contributed by atoms with Crippen molar-refractivity contribution in [2.24, 2.45) is 5.73 Å². The van der Waals surface area contributed by atoms with Crippen molar-refractivity contribution < 1.29 is 19.1 Å². The highest BCUT2D eigenvalue weighted by Crippen LogP contribution is 2.01. The molecule has 2 N–H and O–H groups in total. The molecule has 0 spiro atoms. The van der Waals surface area contributed by atoms with E-state index in [4.69, 9.17) is 5.73 Å². The molecule has 0 saturated heterocycles. The van der Waals surface area contributed by atoms with E-state index in [1.807, 2.05) is 0 Å². The SMILES string of the molecule is C=CC(=O)OC(CCN)OC(=O)C=C.[CH2]CCC. The molecule has 0 atom stereocenters. The van der Waals surface area contributed by atoms with Gasteiger partial charge in [-0.15, -0.1) is 0 Å². The smallest absolute Gasteiger partial charge is 0.333 e. The molecule has 103 valence electrons. The van der Waals surface area contributed by atoms with E-state index in [1.165, 1.54) is 6.42 Å². The van der Waals surface area contributed by atoms with Crippen molar-refractivity contribution in [2.75, 3.05) is 6.54 Å². The zero-order valence-corrected chi connectivity index (χ0v) is 10.9. The first-order chi connectivity index (χ1) is 8.55. The molecule has 0 aliphatic heterocycles. The zero-order chi connectivity index (χ0) is 14.4. The van der Waals surface area contributed by atoms with E-state index in [9.17, 15) is 9.59 Å². The second-order valence-electron chi connectivity index (χ2n) is 3.14. The van der Waals surface area contributed by atoms with Crippen LogP contribution in [0.5, 0.6) is 0 Å². The van der Waals surface area contributed by atoms with E-state index in [1.54, 1.807) is 0 Å². The minimum atomic E-state index is -0.976. The first kappa shape index (κ1) is 18.7. The van der Waals surface area contributed by atoms with E-state index in [0.29, 0.717) is 0 Å². The number of rotatable bonds is 7. The zero-order valence-electron chi connectivity index (χ0n) is 10.9. The maximum absolute atomic E-state index is 10.8. The highest BCUT2D eigenvalue weighted by atomic mass is 16.7. The molecule has 0 aliphatic rings. The maximum Gasteiger partial charge on any atom is 0.333 e. The van der Waals surface area contributed by atoms with Gasteiger partial charge in [0.1, 0.15) is 0 Å². The van der Waals surface area contributed by atoms with Crippen LogP contribution in [0.2, 0.25) is 0 Å². The number of hydrogen-bond donors (Lipinski definition) is 1. The summed E-state index contributed by atoms with van der Waals surface area (Å²) in [5, 5.41) is 0. The van der Waals surface area contributed by atoms with Crippen LogP contribution in [-0.4, -0.2) is 24.8 Å². The van der Waals surface area contributed by atoms with Crippen LogP contribution in [-0.2, 0) is 19.1 Å². The van der Waals surface area contributed by atoms with E-state index in [2.05, 4.69) is 36.5 Å². The monoisotopic (exact) mass is 256 g/mol. The molecule has 0 amide bonds. The summed E-state index contributed by atoms with van der Waals surface area (Å²) in [6, 6.07) is 0. The van der Waals surface area contributed by atoms with Gasteiger partial charge in [-0.3, -0.25) is 0 Å². The quantitative estimate of drug-likeness (QED) is 0.426. The standard InChI is InChI=1S/C9H13NO4.C4H9/c1-3-7(11)13-9(5-6-10)14-8(12)4-2;1-3-4-2/h3-4,9H,1-2,5-6,10H2;1,3-4H2,2H3. The lowest BCUT2D eigenvalue weighted by atomic mass is 10.4. The van der Waals surface area contributed by atoms with Gasteiger partial charge in [-0.2, -0.15) is 0 Å². The number of hydrogen-bond acceptors (Lipinski definition) is 5.